The number of nitrogen functional groups attached to an aromatic ring is 1. The average Bonchev–Trinajstić information content (AvgIpc) is 2.43. The first-order valence-corrected chi connectivity index (χ1v) is 8.08. The fraction of sp³-hybridized carbons (Fsp3) is 0.385. The van der Waals surface area contributed by atoms with E-state index < -0.39 is 20.7 Å². The molecule has 1 aliphatic heterocycles. The highest BCUT2D eigenvalue weighted by Crippen LogP contribution is 2.28. The second-order valence-electron chi connectivity index (χ2n) is 4.69. The topological polar surface area (TPSA) is 66.6 Å². The lowest BCUT2D eigenvalue weighted by Gasteiger charge is -2.33. The van der Waals surface area contributed by atoms with Gasteiger partial charge in [0.2, 0.25) is 10.0 Å². The lowest BCUT2D eigenvalue weighted by molar-refractivity contribution is 0.206. The summed E-state index contributed by atoms with van der Waals surface area (Å²) >= 11 is 5.77. The summed E-state index contributed by atoms with van der Waals surface area (Å²) < 4.78 is 40.2. The number of anilines is 1. The normalized spacial score (nSPS) is 17.6. The maximum atomic E-state index is 14.0. The molecule has 0 aliphatic carbocycles. The number of nitrogens with two attached hydrogens (primary N) is 1. The molecular formula is C13H15ClFN3O2S. The van der Waals surface area contributed by atoms with Gasteiger partial charge >= 0.3 is 0 Å². The van der Waals surface area contributed by atoms with Gasteiger partial charge in [-0.05, 0) is 12.1 Å². The van der Waals surface area contributed by atoms with E-state index in [1.807, 2.05) is 4.90 Å². The third kappa shape index (κ3) is 3.30. The number of rotatable bonds is 3. The van der Waals surface area contributed by atoms with Crippen molar-refractivity contribution in [3.05, 3.63) is 23.0 Å². The van der Waals surface area contributed by atoms with Gasteiger partial charge in [-0.25, -0.2) is 12.8 Å². The number of piperazine rings is 1. The molecule has 21 heavy (non-hydrogen) atoms. The van der Waals surface area contributed by atoms with Crippen molar-refractivity contribution >= 4 is 27.3 Å². The van der Waals surface area contributed by atoms with Crippen LogP contribution in [0.2, 0.25) is 5.02 Å². The van der Waals surface area contributed by atoms with Crippen LogP contribution in [0, 0.1) is 18.2 Å². The lowest BCUT2D eigenvalue weighted by Crippen LogP contribution is -2.48. The molecule has 0 unspecified atom stereocenters. The standard InChI is InChI=1S/C13H15ClFN3O2S/c1-2-3-17-4-6-18(7-5-17)21(19,20)12-9-10(14)8-11(16)13(12)15/h1,8-9H,3-7,16H2. The maximum absolute atomic E-state index is 14.0. The first-order chi connectivity index (χ1) is 9.86. The van der Waals surface area contributed by atoms with Crippen molar-refractivity contribution in [3.8, 4) is 12.3 Å². The van der Waals surface area contributed by atoms with E-state index in [-0.39, 0.29) is 23.8 Å². The van der Waals surface area contributed by atoms with Gasteiger partial charge in [0.15, 0.2) is 5.82 Å². The fourth-order valence-electron chi connectivity index (χ4n) is 2.17. The zero-order valence-corrected chi connectivity index (χ0v) is 12.8. The highest BCUT2D eigenvalue weighted by molar-refractivity contribution is 7.89. The summed E-state index contributed by atoms with van der Waals surface area (Å²) in [5.74, 6) is 1.54. The number of benzene rings is 1. The number of hydrogen-bond donors (Lipinski definition) is 1. The average molecular weight is 332 g/mol. The van der Waals surface area contributed by atoms with Gasteiger partial charge in [0.1, 0.15) is 4.90 Å². The van der Waals surface area contributed by atoms with Crippen molar-refractivity contribution in [2.75, 3.05) is 38.5 Å². The van der Waals surface area contributed by atoms with Crippen LogP contribution < -0.4 is 5.73 Å². The number of nitrogens with zero attached hydrogens (tertiary/aromatic N) is 2. The minimum Gasteiger partial charge on any atom is -0.396 e. The van der Waals surface area contributed by atoms with E-state index >= 15 is 0 Å². The minimum atomic E-state index is -3.96. The van der Waals surface area contributed by atoms with Crippen molar-refractivity contribution < 1.29 is 12.8 Å². The van der Waals surface area contributed by atoms with Crippen LogP contribution in [0.25, 0.3) is 0 Å². The molecule has 5 nitrogen and oxygen atoms in total. The van der Waals surface area contributed by atoms with Crippen LogP contribution in [0.5, 0.6) is 0 Å². The smallest absolute Gasteiger partial charge is 0.246 e. The van der Waals surface area contributed by atoms with Gasteiger partial charge in [-0.3, -0.25) is 4.90 Å². The van der Waals surface area contributed by atoms with Crippen molar-refractivity contribution in [3.63, 3.8) is 0 Å². The second-order valence-corrected chi connectivity index (χ2v) is 7.03. The zero-order chi connectivity index (χ0) is 15.6. The van der Waals surface area contributed by atoms with Crippen LogP contribution in [-0.4, -0.2) is 50.3 Å². The Morgan fingerprint density at radius 2 is 1.95 bits per heavy atom. The van der Waals surface area contributed by atoms with Crippen LogP contribution in [0.4, 0.5) is 10.1 Å². The molecule has 114 valence electrons. The van der Waals surface area contributed by atoms with Crippen molar-refractivity contribution in [2.45, 2.75) is 4.90 Å². The van der Waals surface area contributed by atoms with Gasteiger partial charge in [-0.2, -0.15) is 4.31 Å². The van der Waals surface area contributed by atoms with E-state index in [1.54, 1.807) is 0 Å². The number of sulfonamides is 1. The van der Waals surface area contributed by atoms with E-state index in [2.05, 4.69) is 5.92 Å². The van der Waals surface area contributed by atoms with Crippen molar-refractivity contribution in [1.82, 2.24) is 9.21 Å². The summed E-state index contributed by atoms with van der Waals surface area (Å²) in [4.78, 5) is 1.47. The van der Waals surface area contributed by atoms with Gasteiger partial charge in [-0.15, -0.1) is 6.42 Å². The summed E-state index contributed by atoms with van der Waals surface area (Å²) in [5.41, 5.74) is 5.15. The SMILES string of the molecule is C#CCN1CCN(S(=O)(=O)c2cc(Cl)cc(N)c2F)CC1. The Morgan fingerprint density at radius 3 is 2.52 bits per heavy atom. The van der Waals surface area contributed by atoms with Gasteiger partial charge < -0.3 is 5.73 Å². The van der Waals surface area contributed by atoms with E-state index in [4.69, 9.17) is 23.8 Å². The molecule has 8 heteroatoms. The molecule has 0 atom stereocenters. The summed E-state index contributed by atoms with van der Waals surface area (Å²) in [6.07, 6.45) is 5.22. The predicted molar refractivity (Wildman–Crippen MR) is 79.9 cm³/mol. The quantitative estimate of drug-likeness (QED) is 0.663. The predicted octanol–water partition coefficient (Wildman–Crippen LogP) is 1.00. The summed E-state index contributed by atoms with van der Waals surface area (Å²) in [6.45, 7) is 1.96. The molecule has 1 aromatic rings. The van der Waals surface area contributed by atoms with Gasteiger partial charge in [0.25, 0.3) is 0 Å². The summed E-state index contributed by atoms with van der Waals surface area (Å²) in [5, 5.41) is 0.0819. The molecule has 2 N–H and O–H groups in total. The van der Waals surface area contributed by atoms with Gasteiger partial charge in [0.05, 0.1) is 12.2 Å². The molecule has 0 spiro atoms. The highest BCUT2D eigenvalue weighted by Gasteiger charge is 2.31. The Balaban J connectivity index is 2.26. The molecule has 0 aromatic heterocycles. The Kier molecular flexibility index (Phi) is 4.74. The van der Waals surface area contributed by atoms with Crippen LogP contribution >= 0.6 is 11.6 Å². The second kappa shape index (κ2) is 6.20. The molecule has 1 fully saturated rings. The molecule has 1 saturated heterocycles. The molecule has 0 radical (unpaired) electrons. The highest BCUT2D eigenvalue weighted by atomic mass is 35.5. The maximum Gasteiger partial charge on any atom is 0.246 e. The fourth-order valence-corrected chi connectivity index (χ4v) is 4.00. The zero-order valence-electron chi connectivity index (χ0n) is 11.2. The van der Waals surface area contributed by atoms with Crippen LogP contribution in [0.1, 0.15) is 0 Å². The van der Waals surface area contributed by atoms with Gasteiger partial charge in [-0.1, -0.05) is 17.5 Å². The molecule has 1 aromatic carbocycles. The van der Waals surface area contributed by atoms with Gasteiger partial charge in [0, 0.05) is 31.2 Å². The monoisotopic (exact) mass is 331 g/mol. The minimum absolute atomic E-state index is 0.0819. The van der Waals surface area contributed by atoms with E-state index in [1.165, 1.54) is 10.4 Å². The van der Waals surface area contributed by atoms with Crippen LogP contribution in [-0.2, 0) is 10.0 Å². The summed E-state index contributed by atoms with van der Waals surface area (Å²) in [6, 6.07) is 2.26. The van der Waals surface area contributed by atoms with Crippen molar-refractivity contribution in [1.29, 1.82) is 0 Å². The first-order valence-electron chi connectivity index (χ1n) is 6.26. The molecule has 0 bridgehead atoms. The van der Waals surface area contributed by atoms with Crippen molar-refractivity contribution in [2.24, 2.45) is 0 Å². The van der Waals surface area contributed by atoms with E-state index in [0.29, 0.717) is 19.6 Å². The first kappa shape index (κ1) is 16.0. The molecule has 0 amide bonds. The number of hydrogen-bond acceptors (Lipinski definition) is 4. The Labute approximate surface area is 128 Å². The number of terminal acetylenes is 1. The molecule has 0 saturated carbocycles. The molecular weight excluding hydrogens is 317 g/mol. The third-order valence-corrected chi connectivity index (χ3v) is 5.41. The summed E-state index contributed by atoms with van der Waals surface area (Å²) in [7, 11) is -3.96. The Hall–Kier alpha value is -1.33. The lowest BCUT2D eigenvalue weighted by atomic mass is 10.3. The van der Waals surface area contributed by atoms with Crippen LogP contribution in [0.15, 0.2) is 17.0 Å². The largest absolute Gasteiger partial charge is 0.396 e. The Bertz CT molecular complexity index is 679. The van der Waals surface area contributed by atoms with Crippen LogP contribution in [0.3, 0.4) is 0 Å². The third-order valence-electron chi connectivity index (χ3n) is 3.30. The molecule has 1 heterocycles. The van der Waals surface area contributed by atoms with E-state index in [0.717, 1.165) is 6.07 Å². The molecule has 2 rings (SSSR count). The van der Waals surface area contributed by atoms with E-state index in [9.17, 15) is 12.8 Å². The number of halogens is 2. The molecule has 1 aliphatic rings. The Morgan fingerprint density at radius 1 is 1.33 bits per heavy atom.